The molecule has 80 valence electrons. The zero-order chi connectivity index (χ0) is 11.3. The Balaban J connectivity index is 2.84. The Labute approximate surface area is 88.9 Å². The Morgan fingerprint density at radius 3 is 2.33 bits per heavy atom. The van der Waals surface area contributed by atoms with Crippen LogP contribution in [0, 0.1) is 0 Å². The molecule has 4 heteroatoms. The molecule has 1 aromatic carbocycles. The van der Waals surface area contributed by atoms with E-state index < -0.39 is 0 Å². The van der Waals surface area contributed by atoms with Crippen molar-refractivity contribution in [3.63, 3.8) is 0 Å². The lowest BCUT2D eigenvalue weighted by Gasteiger charge is -2.21. The van der Waals surface area contributed by atoms with Gasteiger partial charge in [-0.2, -0.15) is 0 Å². The molecule has 0 aliphatic rings. The highest BCUT2D eigenvalue weighted by Gasteiger charge is 2.12. The predicted molar refractivity (Wildman–Crippen MR) is 58.0 cm³/mol. The molecule has 0 bridgehead atoms. The molecule has 1 N–H and O–H groups in total. The van der Waals surface area contributed by atoms with E-state index in [0.717, 1.165) is 0 Å². The average molecular weight is 206 g/mol. The number of nitrogens with one attached hydrogen (secondary N) is 1. The SMILES string of the molecule is CCC(=O)NN(C(C)=O)c1ccccc1. The minimum atomic E-state index is -0.219. The van der Waals surface area contributed by atoms with Gasteiger partial charge in [-0.1, -0.05) is 25.1 Å². The fourth-order valence-electron chi connectivity index (χ4n) is 1.11. The molecule has 0 heterocycles. The van der Waals surface area contributed by atoms with Gasteiger partial charge in [0.05, 0.1) is 5.69 Å². The van der Waals surface area contributed by atoms with Crippen LogP contribution in [0.4, 0.5) is 5.69 Å². The third-order valence-corrected chi connectivity index (χ3v) is 1.89. The number of benzene rings is 1. The third kappa shape index (κ3) is 3.09. The van der Waals surface area contributed by atoms with E-state index in [1.165, 1.54) is 11.9 Å². The van der Waals surface area contributed by atoms with Crippen LogP contribution in [0.15, 0.2) is 30.3 Å². The molecule has 0 saturated carbocycles. The summed E-state index contributed by atoms with van der Waals surface area (Å²) < 4.78 is 0. The van der Waals surface area contributed by atoms with Crippen LogP contribution in [0.25, 0.3) is 0 Å². The maximum atomic E-state index is 11.3. The van der Waals surface area contributed by atoms with Crippen molar-refractivity contribution >= 4 is 17.5 Å². The summed E-state index contributed by atoms with van der Waals surface area (Å²) in [6, 6.07) is 8.99. The van der Waals surface area contributed by atoms with Crippen molar-refractivity contribution in [3.05, 3.63) is 30.3 Å². The van der Waals surface area contributed by atoms with E-state index in [4.69, 9.17) is 0 Å². The van der Waals surface area contributed by atoms with Gasteiger partial charge in [-0.3, -0.25) is 15.0 Å². The number of nitrogens with zero attached hydrogens (tertiary/aromatic N) is 1. The predicted octanol–water partition coefficient (Wildman–Crippen LogP) is 1.48. The Bertz CT molecular complexity index is 349. The van der Waals surface area contributed by atoms with Crippen LogP contribution in [0.2, 0.25) is 0 Å². The Hall–Kier alpha value is -1.84. The Kier molecular flexibility index (Phi) is 3.85. The van der Waals surface area contributed by atoms with E-state index in [9.17, 15) is 9.59 Å². The van der Waals surface area contributed by atoms with Gasteiger partial charge >= 0.3 is 0 Å². The summed E-state index contributed by atoms with van der Waals surface area (Å²) in [4.78, 5) is 22.5. The molecule has 0 saturated heterocycles. The summed E-state index contributed by atoms with van der Waals surface area (Å²) in [5.74, 6) is -0.406. The van der Waals surface area contributed by atoms with Gasteiger partial charge < -0.3 is 0 Å². The van der Waals surface area contributed by atoms with E-state index in [0.29, 0.717) is 12.1 Å². The summed E-state index contributed by atoms with van der Waals surface area (Å²) in [5.41, 5.74) is 3.19. The number of amides is 2. The lowest BCUT2D eigenvalue weighted by molar-refractivity contribution is -0.125. The van der Waals surface area contributed by atoms with Crippen LogP contribution in [0.1, 0.15) is 20.3 Å². The first kappa shape index (κ1) is 11.2. The van der Waals surface area contributed by atoms with E-state index in [1.807, 2.05) is 18.2 Å². The lowest BCUT2D eigenvalue weighted by atomic mass is 10.3. The van der Waals surface area contributed by atoms with Crippen molar-refractivity contribution in [3.8, 4) is 0 Å². The number of hydrogen-bond donors (Lipinski definition) is 1. The van der Waals surface area contributed by atoms with Gasteiger partial charge in [0.2, 0.25) is 11.8 Å². The number of hydrazine groups is 1. The van der Waals surface area contributed by atoms with Crippen LogP contribution in [0.5, 0.6) is 0 Å². The summed E-state index contributed by atoms with van der Waals surface area (Å²) >= 11 is 0. The highest BCUT2D eigenvalue weighted by atomic mass is 16.2. The molecule has 0 aliphatic carbocycles. The van der Waals surface area contributed by atoms with Crippen molar-refractivity contribution in [2.45, 2.75) is 20.3 Å². The minimum Gasteiger partial charge on any atom is -0.273 e. The van der Waals surface area contributed by atoms with Crippen LogP contribution in [-0.4, -0.2) is 11.8 Å². The zero-order valence-electron chi connectivity index (χ0n) is 8.86. The van der Waals surface area contributed by atoms with Crippen LogP contribution in [-0.2, 0) is 9.59 Å². The number of carbonyl (C=O) groups is 2. The molecular formula is C11H14N2O2. The van der Waals surface area contributed by atoms with Gasteiger partial charge in [-0.05, 0) is 12.1 Å². The smallest absolute Gasteiger partial charge is 0.242 e. The molecule has 0 fully saturated rings. The van der Waals surface area contributed by atoms with E-state index in [1.54, 1.807) is 19.1 Å². The quantitative estimate of drug-likeness (QED) is 0.745. The normalized spacial score (nSPS) is 9.47. The Morgan fingerprint density at radius 1 is 1.27 bits per heavy atom. The van der Waals surface area contributed by atoms with Gasteiger partial charge in [0.1, 0.15) is 0 Å². The zero-order valence-corrected chi connectivity index (χ0v) is 8.86. The van der Waals surface area contributed by atoms with Gasteiger partial charge in [0, 0.05) is 13.3 Å². The molecule has 1 aromatic rings. The van der Waals surface area contributed by atoms with E-state index >= 15 is 0 Å². The number of anilines is 1. The molecule has 0 aliphatic heterocycles. The second-order valence-electron chi connectivity index (χ2n) is 3.08. The maximum absolute atomic E-state index is 11.3. The highest BCUT2D eigenvalue weighted by molar-refractivity contribution is 5.94. The van der Waals surface area contributed by atoms with Crippen molar-refractivity contribution in [2.75, 3.05) is 5.01 Å². The first-order valence-corrected chi connectivity index (χ1v) is 4.80. The van der Waals surface area contributed by atoms with Gasteiger partial charge in [0.25, 0.3) is 0 Å². The molecule has 0 atom stereocenters. The summed E-state index contributed by atoms with van der Waals surface area (Å²) in [7, 11) is 0. The summed E-state index contributed by atoms with van der Waals surface area (Å²) in [5, 5.41) is 1.24. The van der Waals surface area contributed by atoms with E-state index in [2.05, 4.69) is 5.43 Å². The number of hydrogen-bond acceptors (Lipinski definition) is 2. The third-order valence-electron chi connectivity index (χ3n) is 1.89. The van der Waals surface area contributed by atoms with Crippen molar-refractivity contribution in [1.82, 2.24) is 5.43 Å². The highest BCUT2D eigenvalue weighted by Crippen LogP contribution is 2.10. The second-order valence-corrected chi connectivity index (χ2v) is 3.08. The van der Waals surface area contributed by atoms with Gasteiger partial charge in [-0.25, -0.2) is 5.01 Å². The topological polar surface area (TPSA) is 49.4 Å². The molecule has 0 unspecified atom stereocenters. The van der Waals surface area contributed by atoms with Crippen LogP contribution >= 0.6 is 0 Å². The average Bonchev–Trinajstić information content (AvgIpc) is 2.26. The maximum Gasteiger partial charge on any atom is 0.242 e. The Morgan fingerprint density at radius 2 is 1.87 bits per heavy atom. The van der Waals surface area contributed by atoms with Crippen LogP contribution < -0.4 is 10.4 Å². The molecule has 1 rings (SSSR count). The lowest BCUT2D eigenvalue weighted by Crippen LogP contribution is -2.45. The number of carbonyl (C=O) groups excluding carboxylic acids is 2. The molecular weight excluding hydrogens is 192 g/mol. The van der Waals surface area contributed by atoms with Crippen molar-refractivity contribution in [1.29, 1.82) is 0 Å². The number of rotatable bonds is 2. The fraction of sp³-hybridized carbons (Fsp3) is 0.273. The molecule has 0 spiro atoms. The largest absolute Gasteiger partial charge is 0.273 e. The first-order valence-electron chi connectivity index (χ1n) is 4.80. The van der Waals surface area contributed by atoms with Crippen molar-refractivity contribution in [2.24, 2.45) is 0 Å². The molecule has 0 aromatic heterocycles. The molecule has 4 nitrogen and oxygen atoms in total. The van der Waals surface area contributed by atoms with Gasteiger partial charge in [-0.15, -0.1) is 0 Å². The van der Waals surface area contributed by atoms with Gasteiger partial charge in [0.15, 0.2) is 0 Å². The molecule has 2 amide bonds. The standard InChI is InChI=1S/C11H14N2O2/c1-3-11(15)12-13(9(2)14)10-7-5-4-6-8-10/h4-8H,3H2,1-2H3,(H,12,15). The summed E-state index contributed by atoms with van der Waals surface area (Å²) in [6.07, 6.45) is 0.344. The van der Waals surface area contributed by atoms with Crippen molar-refractivity contribution < 1.29 is 9.59 Å². The monoisotopic (exact) mass is 206 g/mol. The first-order chi connectivity index (χ1) is 7.15. The summed E-state index contributed by atoms with van der Waals surface area (Å²) in [6.45, 7) is 3.14. The van der Waals surface area contributed by atoms with Crippen LogP contribution in [0.3, 0.4) is 0 Å². The van der Waals surface area contributed by atoms with E-state index in [-0.39, 0.29) is 11.8 Å². The fourth-order valence-corrected chi connectivity index (χ4v) is 1.11. The molecule has 15 heavy (non-hydrogen) atoms. The molecule has 0 radical (unpaired) electrons. The minimum absolute atomic E-state index is 0.186. The number of para-hydroxylation sites is 1. The second kappa shape index (κ2) is 5.14.